The van der Waals surface area contributed by atoms with E-state index in [4.69, 9.17) is 15.2 Å². The van der Waals surface area contributed by atoms with Crippen LogP contribution in [0.1, 0.15) is 23.8 Å². The van der Waals surface area contributed by atoms with E-state index in [9.17, 15) is 0 Å². The number of methoxy groups -OCH3 is 1. The molecule has 114 valence electrons. The van der Waals surface area contributed by atoms with Gasteiger partial charge in [-0.15, -0.1) is 11.3 Å². The number of nitrogens with two attached hydrogens (primary N) is 1. The Morgan fingerprint density at radius 3 is 2.76 bits per heavy atom. The van der Waals surface area contributed by atoms with Crippen LogP contribution in [-0.4, -0.2) is 13.2 Å². The van der Waals surface area contributed by atoms with Crippen molar-refractivity contribution < 1.29 is 9.47 Å². The SMILES string of the molecule is CCC(N)Cc1ccc(OC)cc1OCc1cc(Br)cs1. The maximum atomic E-state index is 6.06. The highest BCUT2D eigenvalue weighted by molar-refractivity contribution is 9.10. The monoisotopic (exact) mass is 369 g/mol. The molecule has 0 spiro atoms. The van der Waals surface area contributed by atoms with Crippen LogP contribution >= 0.6 is 27.3 Å². The van der Waals surface area contributed by atoms with Gasteiger partial charge in [-0.3, -0.25) is 0 Å². The lowest BCUT2D eigenvalue weighted by Crippen LogP contribution is -2.21. The minimum atomic E-state index is 0.150. The smallest absolute Gasteiger partial charge is 0.126 e. The number of hydrogen-bond acceptors (Lipinski definition) is 4. The minimum Gasteiger partial charge on any atom is -0.497 e. The van der Waals surface area contributed by atoms with E-state index in [-0.39, 0.29) is 6.04 Å². The Bertz CT molecular complexity index is 585. The van der Waals surface area contributed by atoms with Crippen LogP contribution < -0.4 is 15.2 Å². The minimum absolute atomic E-state index is 0.150. The molecule has 2 rings (SSSR count). The Labute approximate surface area is 138 Å². The van der Waals surface area contributed by atoms with Crippen LogP contribution in [0.25, 0.3) is 0 Å². The number of benzene rings is 1. The summed E-state index contributed by atoms with van der Waals surface area (Å²) in [6.07, 6.45) is 1.76. The fourth-order valence-electron chi connectivity index (χ4n) is 1.97. The molecule has 2 N–H and O–H groups in total. The number of hydrogen-bond donors (Lipinski definition) is 1. The van der Waals surface area contributed by atoms with Gasteiger partial charge in [-0.1, -0.05) is 13.0 Å². The lowest BCUT2D eigenvalue weighted by molar-refractivity contribution is 0.303. The van der Waals surface area contributed by atoms with E-state index in [2.05, 4.69) is 34.3 Å². The topological polar surface area (TPSA) is 44.5 Å². The van der Waals surface area contributed by atoms with E-state index in [1.54, 1.807) is 18.4 Å². The molecular formula is C16H20BrNO2S. The predicted molar refractivity (Wildman–Crippen MR) is 91.3 cm³/mol. The molecule has 0 radical (unpaired) electrons. The average Bonchev–Trinajstić information content (AvgIpc) is 2.91. The molecule has 3 nitrogen and oxygen atoms in total. The highest BCUT2D eigenvalue weighted by Crippen LogP contribution is 2.28. The van der Waals surface area contributed by atoms with Gasteiger partial charge in [0.15, 0.2) is 0 Å². The van der Waals surface area contributed by atoms with E-state index < -0.39 is 0 Å². The molecular weight excluding hydrogens is 350 g/mol. The molecule has 0 aliphatic rings. The molecule has 21 heavy (non-hydrogen) atoms. The molecule has 0 amide bonds. The number of halogens is 1. The van der Waals surface area contributed by atoms with E-state index in [1.165, 1.54) is 4.88 Å². The van der Waals surface area contributed by atoms with Gasteiger partial charge in [-0.2, -0.15) is 0 Å². The maximum Gasteiger partial charge on any atom is 0.126 e. The third-order valence-corrected chi connectivity index (χ3v) is 4.94. The van der Waals surface area contributed by atoms with E-state index in [0.717, 1.165) is 34.4 Å². The third kappa shape index (κ3) is 4.73. The number of ether oxygens (including phenoxy) is 2. The summed E-state index contributed by atoms with van der Waals surface area (Å²) in [5, 5.41) is 2.05. The van der Waals surface area contributed by atoms with Crippen LogP contribution in [-0.2, 0) is 13.0 Å². The first kappa shape index (κ1) is 16.3. The molecule has 5 heteroatoms. The molecule has 0 bridgehead atoms. The first-order valence-corrected chi connectivity index (χ1v) is 8.57. The van der Waals surface area contributed by atoms with Crippen molar-refractivity contribution in [2.75, 3.05) is 7.11 Å². The molecule has 1 aromatic carbocycles. The largest absolute Gasteiger partial charge is 0.497 e. The van der Waals surface area contributed by atoms with Crippen molar-refractivity contribution in [1.82, 2.24) is 0 Å². The molecule has 1 aromatic heterocycles. The van der Waals surface area contributed by atoms with Crippen LogP contribution in [0, 0.1) is 0 Å². The summed E-state index contributed by atoms with van der Waals surface area (Å²) in [6, 6.07) is 8.14. The van der Waals surface area contributed by atoms with Gasteiger partial charge in [0.05, 0.1) is 7.11 Å². The normalized spacial score (nSPS) is 12.2. The molecule has 1 unspecified atom stereocenters. The van der Waals surface area contributed by atoms with E-state index in [0.29, 0.717) is 6.61 Å². The van der Waals surface area contributed by atoms with Gasteiger partial charge in [0.2, 0.25) is 0 Å². The summed E-state index contributed by atoms with van der Waals surface area (Å²) < 4.78 is 12.3. The Hall–Kier alpha value is -1.04. The van der Waals surface area contributed by atoms with Gasteiger partial charge in [-0.05, 0) is 46.5 Å². The van der Waals surface area contributed by atoms with Crippen LogP contribution in [0.5, 0.6) is 11.5 Å². The summed E-state index contributed by atoms with van der Waals surface area (Å²) in [5.74, 6) is 1.65. The second kappa shape index (κ2) is 7.82. The van der Waals surface area contributed by atoms with E-state index in [1.807, 2.05) is 18.2 Å². The second-order valence-corrected chi connectivity index (χ2v) is 6.78. The average molecular weight is 370 g/mol. The van der Waals surface area contributed by atoms with Crippen molar-refractivity contribution in [3.05, 3.63) is 44.6 Å². The summed E-state index contributed by atoms with van der Waals surface area (Å²) in [7, 11) is 1.66. The Kier molecular flexibility index (Phi) is 6.08. The van der Waals surface area contributed by atoms with Crippen molar-refractivity contribution in [1.29, 1.82) is 0 Å². The Morgan fingerprint density at radius 1 is 1.33 bits per heavy atom. The van der Waals surface area contributed by atoms with Gasteiger partial charge >= 0.3 is 0 Å². The Balaban J connectivity index is 2.13. The van der Waals surface area contributed by atoms with Crippen LogP contribution in [0.4, 0.5) is 0 Å². The van der Waals surface area contributed by atoms with Crippen LogP contribution in [0.15, 0.2) is 34.1 Å². The summed E-state index contributed by atoms with van der Waals surface area (Å²) in [4.78, 5) is 1.18. The zero-order valence-corrected chi connectivity index (χ0v) is 14.7. The van der Waals surface area contributed by atoms with Gasteiger partial charge in [-0.25, -0.2) is 0 Å². The zero-order chi connectivity index (χ0) is 15.2. The van der Waals surface area contributed by atoms with Gasteiger partial charge in [0.1, 0.15) is 18.1 Å². The second-order valence-electron chi connectivity index (χ2n) is 4.87. The van der Waals surface area contributed by atoms with Crippen LogP contribution in [0.3, 0.4) is 0 Å². The highest BCUT2D eigenvalue weighted by atomic mass is 79.9. The fraction of sp³-hybridized carbons (Fsp3) is 0.375. The molecule has 0 fully saturated rings. The van der Waals surface area contributed by atoms with Crippen molar-refractivity contribution in [2.45, 2.75) is 32.4 Å². The van der Waals surface area contributed by atoms with Crippen molar-refractivity contribution in [3.63, 3.8) is 0 Å². The van der Waals surface area contributed by atoms with Gasteiger partial charge in [0.25, 0.3) is 0 Å². The predicted octanol–water partition coefficient (Wildman–Crippen LogP) is 4.38. The lowest BCUT2D eigenvalue weighted by atomic mass is 10.0. The summed E-state index contributed by atoms with van der Waals surface area (Å²) >= 11 is 5.13. The number of thiophene rings is 1. The maximum absolute atomic E-state index is 6.06. The first-order valence-electron chi connectivity index (χ1n) is 6.90. The highest BCUT2D eigenvalue weighted by Gasteiger charge is 2.10. The summed E-state index contributed by atoms with van der Waals surface area (Å²) in [5.41, 5.74) is 7.19. The van der Waals surface area contributed by atoms with Crippen LogP contribution in [0.2, 0.25) is 0 Å². The van der Waals surface area contributed by atoms with E-state index >= 15 is 0 Å². The number of rotatable bonds is 7. The molecule has 0 saturated heterocycles. The van der Waals surface area contributed by atoms with Crippen molar-refractivity contribution in [2.24, 2.45) is 5.73 Å². The molecule has 1 atom stereocenters. The molecule has 2 aromatic rings. The lowest BCUT2D eigenvalue weighted by Gasteiger charge is -2.15. The zero-order valence-electron chi connectivity index (χ0n) is 12.3. The first-order chi connectivity index (χ1) is 10.1. The third-order valence-electron chi connectivity index (χ3n) is 3.27. The summed E-state index contributed by atoms with van der Waals surface area (Å²) in [6.45, 7) is 2.65. The quantitative estimate of drug-likeness (QED) is 0.787. The standard InChI is InChI=1S/C16H20BrNO2S/c1-3-13(18)6-11-4-5-14(19-2)8-16(11)20-9-15-7-12(17)10-21-15/h4-5,7-8,10,13H,3,6,9,18H2,1-2H3. The molecule has 0 saturated carbocycles. The molecule has 0 aliphatic carbocycles. The molecule has 0 aliphatic heterocycles. The van der Waals surface area contributed by atoms with Gasteiger partial charge in [0, 0.05) is 26.8 Å². The van der Waals surface area contributed by atoms with Gasteiger partial charge < -0.3 is 15.2 Å². The fourth-order valence-corrected chi connectivity index (χ4v) is 3.33. The van der Waals surface area contributed by atoms with Crippen molar-refractivity contribution >= 4 is 27.3 Å². The van der Waals surface area contributed by atoms with Crippen molar-refractivity contribution in [3.8, 4) is 11.5 Å². The Morgan fingerprint density at radius 2 is 2.14 bits per heavy atom. The molecule has 1 heterocycles.